The van der Waals surface area contributed by atoms with Crippen molar-refractivity contribution in [2.45, 2.75) is 6.54 Å². The first-order valence-electron chi connectivity index (χ1n) is 7.42. The van der Waals surface area contributed by atoms with Crippen LogP contribution in [-0.4, -0.2) is 30.7 Å². The quantitative estimate of drug-likeness (QED) is 0.603. The van der Waals surface area contributed by atoms with Gasteiger partial charge in [0.1, 0.15) is 11.5 Å². The van der Waals surface area contributed by atoms with Gasteiger partial charge in [-0.05, 0) is 40.1 Å². The maximum absolute atomic E-state index is 12.2. The van der Waals surface area contributed by atoms with Crippen molar-refractivity contribution in [1.82, 2.24) is 24.8 Å². The molecule has 0 aliphatic carbocycles. The summed E-state index contributed by atoms with van der Waals surface area (Å²) in [6.07, 6.45) is 1.57. The number of benzene rings is 1. The largest absolute Gasteiger partial charge is 0.369 e. The minimum atomic E-state index is -0.464. The number of amides is 1. The summed E-state index contributed by atoms with van der Waals surface area (Å²) in [5, 5.41) is 13.7. The van der Waals surface area contributed by atoms with Crippen LogP contribution in [0.3, 0.4) is 0 Å². The van der Waals surface area contributed by atoms with Crippen molar-refractivity contribution >= 4 is 33.8 Å². The van der Waals surface area contributed by atoms with Crippen molar-refractivity contribution in [2.75, 3.05) is 5.32 Å². The van der Waals surface area contributed by atoms with Gasteiger partial charge in [0.15, 0.2) is 0 Å². The van der Waals surface area contributed by atoms with E-state index in [4.69, 9.17) is 0 Å². The molecule has 25 heavy (non-hydrogen) atoms. The second-order valence-corrected chi connectivity index (χ2v) is 6.17. The fourth-order valence-electron chi connectivity index (χ4n) is 2.38. The molecule has 1 aromatic carbocycles. The van der Waals surface area contributed by atoms with Gasteiger partial charge in [0.2, 0.25) is 5.91 Å². The van der Waals surface area contributed by atoms with Crippen LogP contribution in [0, 0.1) is 0 Å². The third-order valence-corrected chi connectivity index (χ3v) is 4.37. The Morgan fingerprint density at radius 2 is 2.04 bits per heavy atom. The third-order valence-electron chi connectivity index (χ3n) is 3.52. The maximum Gasteiger partial charge on any atom is 0.369 e. The zero-order valence-electron chi connectivity index (χ0n) is 12.9. The number of pyridine rings is 1. The van der Waals surface area contributed by atoms with Crippen molar-refractivity contribution < 1.29 is 4.79 Å². The Morgan fingerprint density at radius 1 is 1.16 bits per heavy atom. The number of fused-ring (bicyclic) bond motifs is 1. The molecule has 8 nitrogen and oxygen atoms in total. The van der Waals surface area contributed by atoms with Crippen LogP contribution in [0.1, 0.15) is 0 Å². The van der Waals surface area contributed by atoms with E-state index < -0.39 is 5.69 Å². The number of thiophene rings is 1. The molecular weight excluding hydrogens is 340 g/mol. The Labute approximate surface area is 145 Å². The van der Waals surface area contributed by atoms with Gasteiger partial charge < -0.3 is 5.32 Å². The molecule has 4 aromatic rings. The monoisotopic (exact) mass is 352 g/mol. The molecule has 0 aliphatic rings. The first kappa shape index (κ1) is 15.2. The highest BCUT2D eigenvalue weighted by atomic mass is 32.1. The lowest BCUT2D eigenvalue weighted by Crippen LogP contribution is -2.29. The number of aromatic nitrogens is 5. The predicted octanol–water partition coefficient (Wildman–Crippen LogP) is 1.68. The van der Waals surface area contributed by atoms with E-state index in [9.17, 15) is 9.59 Å². The Bertz CT molecular complexity index is 1100. The Hall–Kier alpha value is -3.33. The lowest BCUT2D eigenvalue weighted by Gasteiger charge is -2.05. The van der Waals surface area contributed by atoms with Gasteiger partial charge in [-0.2, -0.15) is 9.36 Å². The van der Waals surface area contributed by atoms with Gasteiger partial charge in [-0.3, -0.25) is 9.78 Å². The lowest BCUT2D eigenvalue weighted by molar-refractivity contribution is -0.117. The minimum Gasteiger partial charge on any atom is -0.323 e. The highest BCUT2D eigenvalue weighted by molar-refractivity contribution is 7.12. The van der Waals surface area contributed by atoms with E-state index in [-0.39, 0.29) is 12.5 Å². The van der Waals surface area contributed by atoms with Crippen LogP contribution < -0.4 is 11.0 Å². The second-order valence-electron chi connectivity index (χ2n) is 5.25. The normalized spacial score (nSPS) is 10.9. The van der Waals surface area contributed by atoms with E-state index in [1.165, 1.54) is 11.3 Å². The van der Waals surface area contributed by atoms with Crippen molar-refractivity contribution in [3.05, 3.63) is 64.5 Å². The molecule has 0 fully saturated rings. The van der Waals surface area contributed by atoms with Crippen LogP contribution in [0.2, 0.25) is 0 Å². The molecule has 0 bridgehead atoms. The van der Waals surface area contributed by atoms with Gasteiger partial charge in [0.05, 0.1) is 17.4 Å². The molecule has 1 N–H and O–H groups in total. The second kappa shape index (κ2) is 6.29. The topological polar surface area (TPSA) is 94.7 Å². The van der Waals surface area contributed by atoms with Gasteiger partial charge in [0, 0.05) is 5.39 Å². The van der Waals surface area contributed by atoms with Gasteiger partial charge >= 0.3 is 5.69 Å². The number of para-hydroxylation sites is 1. The van der Waals surface area contributed by atoms with Crippen molar-refractivity contribution in [1.29, 1.82) is 0 Å². The molecule has 3 heterocycles. The molecule has 1 amide bonds. The zero-order chi connectivity index (χ0) is 17.2. The summed E-state index contributed by atoms with van der Waals surface area (Å²) in [4.78, 5) is 28.7. The van der Waals surface area contributed by atoms with Gasteiger partial charge in [-0.1, -0.05) is 18.2 Å². The van der Waals surface area contributed by atoms with E-state index >= 15 is 0 Å². The van der Waals surface area contributed by atoms with E-state index in [1.807, 2.05) is 41.8 Å². The van der Waals surface area contributed by atoms with Crippen molar-refractivity contribution in [3.8, 4) is 5.00 Å². The van der Waals surface area contributed by atoms with Crippen LogP contribution in [0.5, 0.6) is 0 Å². The Kier molecular flexibility index (Phi) is 3.82. The molecule has 9 heteroatoms. The highest BCUT2D eigenvalue weighted by Crippen LogP contribution is 2.16. The van der Waals surface area contributed by atoms with Crippen LogP contribution in [0.15, 0.2) is 58.8 Å². The van der Waals surface area contributed by atoms with Gasteiger partial charge in [-0.25, -0.2) is 4.79 Å². The van der Waals surface area contributed by atoms with Gasteiger partial charge in [0.25, 0.3) is 0 Å². The number of rotatable bonds is 4. The maximum atomic E-state index is 12.2. The predicted molar refractivity (Wildman–Crippen MR) is 93.9 cm³/mol. The lowest BCUT2D eigenvalue weighted by atomic mass is 10.2. The van der Waals surface area contributed by atoms with Gasteiger partial charge in [-0.15, -0.1) is 11.3 Å². The summed E-state index contributed by atoms with van der Waals surface area (Å²) in [6, 6.07) is 13.0. The first-order chi connectivity index (χ1) is 12.2. The van der Waals surface area contributed by atoms with Crippen LogP contribution in [0.4, 0.5) is 5.69 Å². The number of nitrogens with zero attached hydrogens (tertiary/aromatic N) is 5. The molecule has 0 saturated carbocycles. The summed E-state index contributed by atoms with van der Waals surface area (Å²) in [5.41, 5.74) is 0.937. The fraction of sp³-hybridized carbons (Fsp3) is 0.0625. The molecule has 0 radical (unpaired) electrons. The Balaban J connectivity index is 1.51. The summed E-state index contributed by atoms with van der Waals surface area (Å²) >= 11 is 1.36. The first-order valence-corrected chi connectivity index (χ1v) is 8.30. The number of carbonyl (C=O) groups is 1. The molecule has 0 saturated heterocycles. The van der Waals surface area contributed by atoms with Crippen LogP contribution in [-0.2, 0) is 11.3 Å². The van der Waals surface area contributed by atoms with E-state index in [2.05, 4.69) is 20.7 Å². The number of hydrogen-bond donors (Lipinski definition) is 1. The third kappa shape index (κ3) is 3.04. The standard InChI is InChI=1S/C16H12N6O2S/c23-14(18-12-8-11-4-1-2-5-13(11)17-9-12)10-21-16(24)22(20-19-21)15-6-3-7-25-15/h1-9H,10H2,(H,18,23). The average Bonchev–Trinajstić information content (AvgIpc) is 3.25. The number of nitrogens with one attached hydrogen (secondary N) is 1. The summed E-state index contributed by atoms with van der Waals surface area (Å²) in [5.74, 6) is -0.377. The van der Waals surface area contributed by atoms with Crippen molar-refractivity contribution in [3.63, 3.8) is 0 Å². The molecule has 0 spiro atoms. The smallest absolute Gasteiger partial charge is 0.323 e. The number of anilines is 1. The average molecular weight is 352 g/mol. The van der Waals surface area contributed by atoms with E-state index in [0.29, 0.717) is 10.7 Å². The molecular formula is C16H12N6O2S. The molecule has 4 rings (SSSR count). The van der Waals surface area contributed by atoms with E-state index in [0.717, 1.165) is 20.3 Å². The Morgan fingerprint density at radius 3 is 2.88 bits per heavy atom. The fourth-order valence-corrected chi connectivity index (χ4v) is 3.05. The van der Waals surface area contributed by atoms with Crippen molar-refractivity contribution in [2.24, 2.45) is 0 Å². The molecule has 0 unspecified atom stereocenters. The zero-order valence-corrected chi connectivity index (χ0v) is 13.7. The van der Waals surface area contributed by atoms with Crippen LogP contribution in [0.25, 0.3) is 15.9 Å². The summed E-state index contributed by atoms with van der Waals surface area (Å²) in [7, 11) is 0. The summed E-state index contributed by atoms with van der Waals surface area (Å²) < 4.78 is 2.18. The highest BCUT2D eigenvalue weighted by Gasteiger charge is 2.13. The molecule has 0 aliphatic heterocycles. The summed E-state index contributed by atoms with van der Waals surface area (Å²) in [6.45, 7) is -0.225. The molecule has 3 aromatic heterocycles. The number of carbonyl (C=O) groups excluding carboxylic acids is 1. The number of hydrogen-bond acceptors (Lipinski definition) is 6. The van der Waals surface area contributed by atoms with Crippen LogP contribution >= 0.6 is 11.3 Å². The molecule has 124 valence electrons. The minimum absolute atomic E-state index is 0.225. The number of tetrazole rings is 1. The molecule has 0 atom stereocenters. The SMILES string of the molecule is O=C(Cn1nnn(-c2cccs2)c1=O)Nc1cnc2ccccc2c1. The van der Waals surface area contributed by atoms with E-state index in [1.54, 1.807) is 12.3 Å².